The van der Waals surface area contributed by atoms with Crippen LogP contribution in [-0.4, -0.2) is 26.6 Å². The number of furan rings is 1. The van der Waals surface area contributed by atoms with Crippen LogP contribution in [0, 0.1) is 0 Å². The summed E-state index contributed by atoms with van der Waals surface area (Å²) in [6.07, 6.45) is 1.78. The molecule has 7 heteroatoms. The number of hydrogen-bond acceptors (Lipinski definition) is 6. The van der Waals surface area contributed by atoms with Gasteiger partial charge in [-0.15, -0.1) is 0 Å². The molecule has 0 aliphatic heterocycles. The minimum atomic E-state index is 0.762. The third-order valence-corrected chi connectivity index (χ3v) is 5.05. The summed E-state index contributed by atoms with van der Waals surface area (Å²) in [7, 11) is 3.82. The molecule has 6 nitrogen and oxygen atoms in total. The van der Waals surface area contributed by atoms with Crippen LogP contribution in [0.3, 0.4) is 0 Å². The molecule has 1 aromatic carbocycles. The number of anilines is 1. The van der Waals surface area contributed by atoms with E-state index in [-0.39, 0.29) is 0 Å². The van der Waals surface area contributed by atoms with Gasteiger partial charge in [-0.1, -0.05) is 29.5 Å². The normalized spacial score (nSPS) is 11.8. The zero-order chi connectivity index (χ0) is 16.3. The molecule has 0 bridgehead atoms. The van der Waals surface area contributed by atoms with Crippen LogP contribution >= 0.6 is 11.3 Å². The monoisotopic (exact) mass is 335 g/mol. The van der Waals surface area contributed by atoms with Crippen molar-refractivity contribution in [3.8, 4) is 10.8 Å². The summed E-state index contributed by atoms with van der Waals surface area (Å²) in [4.78, 5) is 14.8. The lowest BCUT2D eigenvalue weighted by Gasteiger charge is -2.01. The lowest BCUT2D eigenvalue weighted by Crippen LogP contribution is -1.95. The van der Waals surface area contributed by atoms with Gasteiger partial charge in [0.25, 0.3) is 0 Å². The molecule has 0 aliphatic rings. The summed E-state index contributed by atoms with van der Waals surface area (Å²) in [5.41, 5.74) is 3.52. The molecule has 118 valence electrons. The minimum Gasteiger partial charge on any atom is -0.454 e. The highest BCUT2D eigenvalue weighted by Crippen LogP contribution is 2.36. The smallest absolute Gasteiger partial charge is 0.164 e. The second kappa shape index (κ2) is 4.78. The van der Waals surface area contributed by atoms with Gasteiger partial charge < -0.3 is 14.3 Å². The number of rotatable bonds is 2. The van der Waals surface area contributed by atoms with Gasteiger partial charge in [-0.3, -0.25) is 0 Å². The molecule has 4 heterocycles. The summed E-state index contributed by atoms with van der Waals surface area (Å²) >= 11 is 1.53. The number of imidazole rings is 1. The van der Waals surface area contributed by atoms with Crippen LogP contribution in [0.2, 0.25) is 0 Å². The van der Waals surface area contributed by atoms with Crippen molar-refractivity contribution in [1.29, 1.82) is 0 Å². The van der Waals surface area contributed by atoms with Crippen molar-refractivity contribution in [2.24, 2.45) is 7.05 Å². The van der Waals surface area contributed by atoms with Crippen molar-refractivity contribution >= 4 is 49.5 Å². The van der Waals surface area contributed by atoms with E-state index in [0.29, 0.717) is 0 Å². The Bertz CT molecular complexity index is 1180. The number of hydrogen-bond donors (Lipinski definition) is 1. The number of aromatic nitrogens is 4. The average molecular weight is 335 g/mol. The number of aryl methyl sites for hydroxylation is 1. The molecule has 4 aromatic heterocycles. The predicted molar refractivity (Wildman–Crippen MR) is 96.4 cm³/mol. The molecule has 0 spiro atoms. The van der Waals surface area contributed by atoms with Crippen LogP contribution in [0.4, 0.5) is 5.82 Å². The third-order valence-electron chi connectivity index (χ3n) is 4.08. The topological polar surface area (TPSA) is 68.8 Å². The van der Waals surface area contributed by atoms with Gasteiger partial charge in [0.15, 0.2) is 16.6 Å². The Morgan fingerprint density at radius 1 is 1.17 bits per heavy atom. The summed E-state index contributed by atoms with van der Waals surface area (Å²) in [5, 5.41) is 5.01. The summed E-state index contributed by atoms with van der Waals surface area (Å²) in [5.74, 6) is 1.53. The van der Waals surface area contributed by atoms with E-state index in [1.807, 2.05) is 49.0 Å². The lowest BCUT2D eigenvalue weighted by atomic mass is 10.2. The van der Waals surface area contributed by atoms with E-state index in [2.05, 4.69) is 15.3 Å². The van der Waals surface area contributed by atoms with Crippen molar-refractivity contribution in [2.45, 2.75) is 0 Å². The summed E-state index contributed by atoms with van der Waals surface area (Å²) in [6.45, 7) is 0. The van der Waals surface area contributed by atoms with Crippen molar-refractivity contribution in [3.63, 3.8) is 0 Å². The first-order valence-corrected chi connectivity index (χ1v) is 8.34. The molecule has 0 atom stereocenters. The molecule has 0 radical (unpaired) electrons. The van der Waals surface area contributed by atoms with Crippen LogP contribution < -0.4 is 5.32 Å². The number of pyridine rings is 1. The maximum absolute atomic E-state index is 5.95. The molecule has 0 unspecified atom stereocenters. The van der Waals surface area contributed by atoms with Gasteiger partial charge in [0.2, 0.25) is 0 Å². The van der Waals surface area contributed by atoms with Crippen molar-refractivity contribution in [2.75, 3.05) is 12.4 Å². The molecule has 1 N–H and O–H groups in total. The van der Waals surface area contributed by atoms with Gasteiger partial charge in [0.05, 0.1) is 6.33 Å². The standard InChI is InChI=1S/C17H13N5OS/c1-18-15-12-14(22(2)8-19-12)13-17(21-15)24-16(20-13)11-7-9-5-3-4-6-10(9)23-11/h3-8H,1-2H3,(H,18,21). The molecule has 0 saturated carbocycles. The van der Waals surface area contributed by atoms with Crippen molar-refractivity contribution in [3.05, 3.63) is 36.7 Å². The maximum atomic E-state index is 5.95. The number of fused-ring (bicyclic) bond motifs is 4. The van der Waals surface area contributed by atoms with E-state index in [1.165, 1.54) is 11.3 Å². The van der Waals surface area contributed by atoms with E-state index in [4.69, 9.17) is 9.40 Å². The van der Waals surface area contributed by atoms with E-state index >= 15 is 0 Å². The van der Waals surface area contributed by atoms with Crippen molar-refractivity contribution in [1.82, 2.24) is 19.5 Å². The quantitative estimate of drug-likeness (QED) is 0.527. The number of nitrogens with one attached hydrogen (secondary N) is 1. The Morgan fingerprint density at radius 2 is 2.04 bits per heavy atom. The van der Waals surface area contributed by atoms with Crippen molar-refractivity contribution < 1.29 is 4.42 Å². The van der Waals surface area contributed by atoms with Gasteiger partial charge in [-0.05, 0) is 12.1 Å². The van der Waals surface area contributed by atoms with E-state index in [0.717, 1.165) is 48.9 Å². The molecule has 0 amide bonds. The molecule has 0 fully saturated rings. The fraction of sp³-hybridized carbons (Fsp3) is 0.118. The number of benzene rings is 1. The first kappa shape index (κ1) is 13.5. The maximum Gasteiger partial charge on any atom is 0.164 e. The van der Waals surface area contributed by atoms with Crippen LogP contribution in [-0.2, 0) is 7.05 Å². The number of nitrogens with zero attached hydrogens (tertiary/aromatic N) is 4. The highest BCUT2D eigenvalue weighted by molar-refractivity contribution is 7.21. The Balaban J connectivity index is 1.81. The van der Waals surface area contributed by atoms with Gasteiger partial charge in [0, 0.05) is 19.5 Å². The zero-order valence-electron chi connectivity index (χ0n) is 13.1. The molecule has 24 heavy (non-hydrogen) atoms. The van der Waals surface area contributed by atoms with Crippen LogP contribution in [0.15, 0.2) is 41.1 Å². The first-order chi connectivity index (χ1) is 11.7. The van der Waals surface area contributed by atoms with Gasteiger partial charge in [0.1, 0.15) is 27.0 Å². The van der Waals surface area contributed by atoms with E-state index < -0.39 is 0 Å². The molecular formula is C17H13N5OS. The Kier molecular flexibility index (Phi) is 2.69. The number of thiazole rings is 1. The summed E-state index contributed by atoms with van der Waals surface area (Å²) in [6, 6.07) is 9.98. The summed E-state index contributed by atoms with van der Waals surface area (Å²) < 4.78 is 7.92. The van der Waals surface area contributed by atoms with Gasteiger partial charge in [-0.25, -0.2) is 15.0 Å². The lowest BCUT2D eigenvalue weighted by molar-refractivity contribution is 0.631. The predicted octanol–water partition coefficient (Wildman–Crippen LogP) is 4.03. The highest BCUT2D eigenvalue weighted by Gasteiger charge is 2.18. The average Bonchev–Trinajstić information content (AvgIpc) is 3.29. The largest absolute Gasteiger partial charge is 0.454 e. The third kappa shape index (κ3) is 1.78. The fourth-order valence-corrected chi connectivity index (χ4v) is 3.84. The number of para-hydroxylation sites is 1. The molecule has 5 aromatic rings. The Labute approximate surface area is 140 Å². The van der Waals surface area contributed by atoms with E-state index in [9.17, 15) is 0 Å². The molecule has 0 aliphatic carbocycles. The van der Waals surface area contributed by atoms with Crippen LogP contribution in [0.5, 0.6) is 0 Å². The molecular weight excluding hydrogens is 322 g/mol. The molecule has 0 saturated heterocycles. The zero-order valence-corrected chi connectivity index (χ0v) is 13.9. The second-order valence-electron chi connectivity index (χ2n) is 5.58. The minimum absolute atomic E-state index is 0.762. The molecule has 5 rings (SSSR count). The Morgan fingerprint density at radius 3 is 2.88 bits per heavy atom. The SMILES string of the molecule is CNc1nc2sc(-c3cc4ccccc4o3)nc2c2c1ncn2C. The van der Waals surface area contributed by atoms with Crippen LogP contribution in [0.25, 0.3) is 43.1 Å². The van der Waals surface area contributed by atoms with E-state index in [1.54, 1.807) is 6.33 Å². The van der Waals surface area contributed by atoms with Crippen LogP contribution in [0.1, 0.15) is 0 Å². The van der Waals surface area contributed by atoms with Gasteiger partial charge in [-0.2, -0.15) is 0 Å². The Hall–Kier alpha value is -2.93. The van der Waals surface area contributed by atoms with Gasteiger partial charge >= 0.3 is 0 Å². The first-order valence-electron chi connectivity index (χ1n) is 7.53. The highest BCUT2D eigenvalue weighted by atomic mass is 32.1. The second-order valence-corrected chi connectivity index (χ2v) is 6.56. The fourth-order valence-electron chi connectivity index (χ4n) is 2.95.